The first-order valence-corrected chi connectivity index (χ1v) is 8.23. The Balaban J connectivity index is 2.78. The Morgan fingerprint density at radius 1 is 1.21 bits per heavy atom. The fourth-order valence-corrected chi connectivity index (χ4v) is 3.69. The largest absolute Gasteiger partial charge is 0.330 e. The minimum Gasteiger partial charge on any atom is -0.330 e. The average molecular weight is 268 g/mol. The molecule has 0 aromatic carbocycles. The molecule has 0 amide bonds. The maximum atomic E-state index is 6.04. The van der Waals surface area contributed by atoms with Crippen LogP contribution in [0, 0.1) is 23.2 Å². The fourth-order valence-electron chi connectivity index (χ4n) is 3.69. The van der Waals surface area contributed by atoms with Crippen molar-refractivity contribution in [3.8, 4) is 0 Å². The van der Waals surface area contributed by atoms with E-state index in [0.29, 0.717) is 17.4 Å². The van der Waals surface area contributed by atoms with Crippen LogP contribution in [0.4, 0.5) is 0 Å². The highest BCUT2D eigenvalue weighted by Gasteiger charge is 2.37. The monoisotopic (exact) mass is 268 g/mol. The molecule has 0 aromatic rings. The van der Waals surface area contributed by atoms with Crippen molar-refractivity contribution < 1.29 is 0 Å². The molecule has 0 saturated heterocycles. The van der Waals surface area contributed by atoms with Crippen LogP contribution in [0.3, 0.4) is 0 Å². The topological polar surface area (TPSA) is 29.3 Å². The van der Waals surface area contributed by atoms with E-state index in [1.807, 2.05) is 0 Å². The van der Waals surface area contributed by atoms with Gasteiger partial charge in [0.2, 0.25) is 0 Å². The molecule has 2 nitrogen and oxygen atoms in total. The van der Waals surface area contributed by atoms with Crippen LogP contribution in [0.15, 0.2) is 0 Å². The highest BCUT2D eigenvalue weighted by Crippen LogP contribution is 2.41. The first kappa shape index (κ1) is 17.0. The molecule has 2 N–H and O–H groups in total. The van der Waals surface area contributed by atoms with Gasteiger partial charge in [-0.3, -0.25) is 0 Å². The summed E-state index contributed by atoms with van der Waals surface area (Å²) in [6.07, 6.45) is 4.02. The van der Waals surface area contributed by atoms with Crippen LogP contribution >= 0.6 is 0 Å². The van der Waals surface area contributed by atoms with Gasteiger partial charge in [-0.2, -0.15) is 0 Å². The normalized spacial score (nSPS) is 29.2. The SMILES string of the molecule is CCN(CC(C)C)C1CC(C(C)(C)C)CCC1CN. The van der Waals surface area contributed by atoms with Gasteiger partial charge in [0.25, 0.3) is 0 Å². The number of nitrogens with zero attached hydrogens (tertiary/aromatic N) is 1. The Kier molecular flexibility index (Phi) is 6.32. The van der Waals surface area contributed by atoms with Gasteiger partial charge in [0.15, 0.2) is 0 Å². The zero-order chi connectivity index (χ0) is 14.6. The third-order valence-electron chi connectivity index (χ3n) is 4.96. The summed E-state index contributed by atoms with van der Waals surface area (Å²) in [6, 6.07) is 0.704. The van der Waals surface area contributed by atoms with Gasteiger partial charge in [0.1, 0.15) is 0 Å². The Bertz CT molecular complexity index is 254. The molecule has 0 aliphatic heterocycles. The molecule has 0 heterocycles. The second-order valence-electron chi connectivity index (χ2n) is 7.92. The zero-order valence-corrected chi connectivity index (χ0v) is 14.1. The minimum absolute atomic E-state index is 0.440. The smallest absolute Gasteiger partial charge is 0.0138 e. The Morgan fingerprint density at radius 3 is 2.26 bits per heavy atom. The molecule has 0 spiro atoms. The van der Waals surface area contributed by atoms with E-state index in [4.69, 9.17) is 5.73 Å². The van der Waals surface area contributed by atoms with Gasteiger partial charge < -0.3 is 10.6 Å². The van der Waals surface area contributed by atoms with Gasteiger partial charge >= 0.3 is 0 Å². The van der Waals surface area contributed by atoms with Crippen molar-refractivity contribution in [3.63, 3.8) is 0 Å². The van der Waals surface area contributed by atoms with Crippen LogP contribution in [0.25, 0.3) is 0 Å². The van der Waals surface area contributed by atoms with E-state index in [9.17, 15) is 0 Å². The van der Waals surface area contributed by atoms with Gasteiger partial charge in [-0.1, -0.05) is 41.5 Å². The maximum Gasteiger partial charge on any atom is 0.0138 e. The third-order valence-corrected chi connectivity index (χ3v) is 4.96. The van der Waals surface area contributed by atoms with Crippen LogP contribution < -0.4 is 5.73 Å². The molecule has 2 heteroatoms. The summed E-state index contributed by atoms with van der Waals surface area (Å²) in [6.45, 7) is 17.4. The molecular weight excluding hydrogens is 232 g/mol. The number of hydrogen-bond acceptors (Lipinski definition) is 2. The van der Waals surface area contributed by atoms with E-state index in [2.05, 4.69) is 46.4 Å². The summed E-state index contributed by atoms with van der Waals surface area (Å²) in [5, 5.41) is 0. The highest BCUT2D eigenvalue weighted by atomic mass is 15.2. The first-order chi connectivity index (χ1) is 8.79. The zero-order valence-electron chi connectivity index (χ0n) is 14.1. The van der Waals surface area contributed by atoms with E-state index >= 15 is 0 Å². The van der Waals surface area contributed by atoms with Gasteiger partial charge in [0.05, 0.1) is 0 Å². The molecule has 114 valence electrons. The quantitative estimate of drug-likeness (QED) is 0.823. The summed E-state index contributed by atoms with van der Waals surface area (Å²) < 4.78 is 0. The lowest BCUT2D eigenvalue weighted by Crippen LogP contribution is -2.49. The van der Waals surface area contributed by atoms with Crippen molar-refractivity contribution in [3.05, 3.63) is 0 Å². The molecule has 1 saturated carbocycles. The van der Waals surface area contributed by atoms with Crippen LogP contribution in [0.2, 0.25) is 0 Å². The molecule has 0 aromatic heterocycles. The van der Waals surface area contributed by atoms with E-state index in [0.717, 1.165) is 24.9 Å². The molecule has 3 atom stereocenters. The molecule has 1 rings (SSSR count). The predicted molar refractivity (Wildman–Crippen MR) is 85.2 cm³/mol. The molecule has 0 radical (unpaired) electrons. The Morgan fingerprint density at radius 2 is 1.84 bits per heavy atom. The van der Waals surface area contributed by atoms with Crippen molar-refractivity contribution in [1.82, 2.24) is 4.90 Å². The van der Waals surface area contributed by atoms with Crippen molar-refractivity contribution in [1.29, 1.82) is 0 Å². The molecule has 19 heavy (non-hydrogen) atoms. The second-order valence-corrected chi connectivity index (χ2v) is 7.92. The third kappa shape index (κ3) is 4.75. The minimum atomic E-state index is 0.440. The number of rotatable bonds is 5. The molecule has 0 bridgehead atoms. The van der Waals surface area contributed by atoms with Crippen LogP contribution in [0.5, 0.6) is 0 Å². The molecule has 1 fully saturated rings. The van der Waals surface area contributed by atoms with E-state index in [-0.39, 0.29) is 0 Å². The van der Waals surface area contributed by atoms with Crippen molar-refractivity contribution >= 4 is 0 Å². The van der Waals surface area contributed by atoms with Gasteiger partial charge in [-0.15, -0.1) is 0 Å². The Hall–Kier alpha value is -0.0800. The Labute approximate surface area is 121 Å². The summed E-state index contributed by atoms with van der Waals surface area (Å²) in [4.78, 5) is 2.69. The summed E-state index contributed by atoms with van der Waals surface area (Å²) in [5.74, 6) is 2.30. The maximum absolute atomic E-state index is 6.04. The lowest BCUT2D eigenvalue weighted by molar-refractivity contribution is 0.0418. The van der Waals surface area contributed by atoms with Crippen LogP contribution in [0.1, 0.15) is 60.8 Å². The highest BCUT2D eigenvalue weighted by molar-refractivity contribution is 4.91. The standard InChI is InChI=1S/C17H36N2/c1-7-19(12-13(2)3)16-10-15(17(4,5)6)9-8-14(16)11-18/h13-16H,7-12,18H2,1-6H3. The van der Waals surface area contributed by atoms with Crippen molar-refractivity contribution in [2.75, 3.05) is 19.6 Å². The second kappa shape index (κ2) is 7.08. The van der Waals surface area contributed by atoms with Gasteiger partial charge in [-0.05, 0) is 55.5 Å². The lowest BCUT2D eigenvalue weighted by Gasteiger charge is -2.46. The molecule has 3 unspecified atom stereocenters. The summed E-state index contributed by atoms with van der Waals surface area (Å²) in [7, 11) is 0. The molecular formula is C17H36N2. The van der Waals surface area contributed by atoms with Crippen LogP contribution in [-0.2, 0) is 0 Å². The van der Waals surface area contributed by atoms with Crippen molar-refractivity contribution in [2.45, 2.75) is 66.8 Å². The van der Waals surface area contributed by atoms with Gasteiger partial charge in [0, 0.05) is 12.6 Å². The first-order valence-electron chi connectivity index (χ1n) is 8.23. The number of hydrogen-bond donors (Lipinski definition) is 1. The summed E-state index contributed by atoms with van der Waals surface area (Å²) >= 11 is 0. The predicted octanol–water partition coefficient (Wildman–Crippen LogP) is 3.75. The molecule has 1 aliphatic carbocycles. The van der Waals surface area contributed by atoms with Gasteiger partial charge in [-0.25, -0.2) is 0 Å². The fraction of sp³-hybridized carbons (Fsp3) is 1.00. The van der Waals surface area contributed by atoms with E-state index < -0.39 is 0 Å². The van der Waals surface area contributed by atoms with Crippen LogP contribution in [-0.4, -0.2) is 30.6 Å². The van der Waals surface area contributed by atoms with E-state index in [1.54, 1.807) is 0 Å². The lowest BCUT2D eigenvalue weighted by atomic mass is 9.67. The summed E-state index contributed by atoms with van der Waals surface area (Å²) in [5.41, 5.74) is 6.48. The molecule has 1 aliphatic rings. The van der Waals surface area contributed by atoms with Crippen molar-refractivity contribution in [2.24, 2.45) is 28.9 Å². The van der Waals surface area contributed by atoms with E-state index in [1.165, 1.54) is 25.8 Å². The average Bonchev–Trinajstić information content (AvgIpc) is 2.33. The number of nitrogens with two attached hydrogens (primary N) is 1.